The van der Waals surface area contributed by atoms with Crippen LogP contribution in [0.4, 0.5) is 20.6 Å². The van der Waals surface area contributed by atoms with E-state index in [9.17, 15) is 19.7 Å². The van der Waals surface area contributed by atoms with E-state index >= 15 is 4.39 Å². The number of benzene rings is 2. The highest BCUT2D eigenvalue weighted by Crippen LogP contribution is 2.40. The van der Waals surface area contributed by atoms with Crippen molar-refractivity contribution in [2.24, 2.45) is 0 Å². The maximum absolute atomic E-state index is 15.2. The van der Waals surface area contributed by atoms with Gasteiger partial charge in [0.05, 0.1) is 17.0 Å². The summed E-state index contributed by atoms with van der Waals surface area (Å²) in [6.45, 7) is 8.95. The van der Waals surface area contributed by atoms with Crippen LogP contribution < -0.4 is 10.2 Å². The number of allylic oxidation sites excluding steroid dienone is 1. The molecule has 0 aromatic heterocycles. The van der Waals surface area contributed by atoms with Crippen LogP contribution in [-0.2, 0) is 11.3 Å². The normalized spacial score (nSPS) is 18.0. The van der Waals surface area contributed by atoms with Crippen LogP contribution in [-0.4, -0.2) is 33.8 Å². The van der Waals surface area contributed by atoms with Crippen LogP contribution in [0.1, 0.15) is 50.8 Å². The van der Waals surface area contributed by atoms with Crippen molar-refractivity contribution in [2.75, 3.05) is 11.4 Å². The fraction of sp³-hybridized carbons (Fsp3) is 0.308. The third-order valence-electron chi connectivity index (χ3n) is 6.29. The van der Waals surface area contributed by atoms with Gasteiger partial charge in [-0.2, -0.15) is 0 Å². The summed E-state index contributed by atoms with van der Waals surface area (Å²) in [6, 6.07) is 8.17. The number of carbonyl (C=O) groups is 2. The van der Waals surface area contributed by atoms with Gasteiger partial charge in [-0.05, 0) is 56.5 Å². The van der Waals surface area contributed by atoms with E-state index in [2.05, 4.69) is 37.1 Å². The van der Waals surface area contributed by atoms with Gasteiger partial charge in [-0.25, -0.2) is 9.18 Å². The fourth-order valence-electron chi connectivity index (χ4n) is 4.63. The monoisotopic (exact) mass is 478 g/mol. The molecule has 4 rings (SSSR count). The zero-order chi connectivity index (χ0) is 25.5. The molecule has 1 N–H and O–H groups in total. The van der Waals surface area contributed by atoms with E-state index in [4.69, 9.17) is 0 Å². The molecule has 2 aliphatic rings. The van der Waals surface area contributed by atoms with Crippen LogP contribution >= 0.6 is 0 Å². The number of hydrogen-bond donors (Lipinski definition) is 1. The second kappa shape index (κ2) is 8.98. The number of carbonyl (C=O) groups excluding carboxylic acids is 2. The van der Waals surface area contributed by atoms with E-state index in [1.807, 2.05) is 6.92 Å². The third-order valence-corrected chi connectivity index (χ3v) is 6.29. The largest absolute Gasteiger partial charge is 0.362 e. The number of nitrogens with one attached hydrogen (secondary N) is 1. The number of fused-ring (bicyclic) bond motifs is 1. The summed E-state index contributed by atoms with van der Waals surface area (Å²) < 4.78 is 15.2. The first-order chi connectivity index (χ1) is 16.5. The lowest BCUT2D eigenvalue weighted by Gasteiger charge is -2.43. The van der Waals surface area contributed by atoms with E-state index < -0.39 is 22.7 Å². The first kappa shape index (κ1) is 24.1. The highest BCUT2D eigenvalue weighted by Gasteiger charge is 2.35. The van der Waals surface area contributed by atoms with Gasteiger partial charge in [-0.15, -0.1) is 0 Å². The van der Waals surface area contributed by atoms with Crippen molar-refractivity contribution >= 4 is 35.0 Å². The molecule has 1 saturated heterocycles. The molecule has 1 fully saturated rings. The molecule has 35 heavy (non-hydrogen) atoms. The Kier molecular flexibility index (Phi) is 6.19. The van der Waals surface area contributed by atoms with Gasteiger partial charge in [0.25, 0.3) is 11.6 Å². The lowest BCUT2D eigenvalue weighted by atomic mass is 9.87. The second-order valence-electron chi connectivity index (χ2n) is 9.33. The minimum atomic E-state index is -0.634. The van der Waals surface area contributed by atoms with Crippen molar-refractivity contribution in [1.82, 2.24) is 10.2 Å². The zero-order valence-electron chi connectivity index (χ0n) is 20.1. The van der Waals surface area contributed by atoms with Gasteiger partial charge in [0, 0.05) is 35.5 Å². The number of hydrogen-bond acceptors (Lipinski definition) is 5. The number of nitro benzene ring substituents is 1. The quantitative estimate of drug-likeness (QED) is 0.265. The number of nitro groups is 1. The predicted molar refractivity (Wildman–Crippen MR) is 132 cm³/mol. The Balaban J connectivity index is 1.63. The van der Waals surface area contributed by atoms with E-state index in [1.54, 1.807) is 6.07 Å². The fourth-order valence-corrected chi connectivity index (χ4v) is 4.63. The van der Waals surface area contributed by atoms with Crippen LogP contribution in [0.5, 0.6) is 0 Å². The smallest absolute Gasteiger partial charge is 0.329 e. The molecule has 0 saturated carbocycles. The minimum absolute atomic E-state index is 0.0288. The molecular formula is C26H27FN4O4. The maximum atomic E-state index is 15.2. The number of amides is 3. The van der Waals surface area contributed by atoms with Gasteiger partial charge in [-0.3, -0.25) is 19.8 Å². The van der Waals surface area contributed by atoms with Crippen LogP contribution in [0.3, 0.4) is 0 Å². The molecule has 0 unspecified atom stereocenters. The number of anilines is 1. The van der Waals surface area contributed by atoms with Crippen molar-refractivity contribution < 1.29 is 18.9 Å². The molecule has 2 aliphatic heterocycles. The predicted octanol–water partition coefficient (Wildman–Crippen LogP) is 5.24. The van der Waals surface area contributed by atoms with Gasteiger partial charge >= 0.3 is 6.03 Å². The van der Waals surface area contributed by atoms with Gasteiger partial charge in [0.2, 0.25) is 0 Å². The number of imide groups is 1. The van der Waals surface area contributed by atoms with Crippen molar-refractivity contribution in [3.05, 3.63) is 80.8 Å². The molecule has 0 aliphatic carbocycles. The third kappa shape index (κ3) is 4.53. The summed E-state index contributed by atoms with van der Waals surface area (Å²) in [6.07, 6.45) is 4.41. The molecule has 2 aromatic rings. The van der Waals surface area contributed by atoms with Crippen molar-refractivity contribution in [3.63, 3.8) is 0 Å². The number of rotatable bonds is 6. The molecule has 2 aromatic carbocycles. The molecule has 8 nitrogen and oxygen atoms in total. The maximum Gasteiger partial charge on any atom is 0.329 e. The molecule has 0 bridgehead atoms. The Bertz CT molecular complexity index is 1280. The SMILES string of the molecule is CCCN1c2cc(F)c(/C=C3/NC(=O)N(Cc4ccc([N+](=O)[O-])cc4)C3=O)cc2C(C)=CC1(C)C. The summed E-state index contributed by atoms with van der Waals surface area (Å²) in [5.41, 5.74) is 3.08. The Morgan fingerprint density at radius 2 is 1.86 bits per heavy atom. The Morgan fingerprint density at radius 3 is 2.49 bits per heavy atom. The van der Waals surface area contributed by atoms with Crippen LogP contribution in [0, 0.1) is 15.9 Å². The second-order valence-corrected chi connectivity index (χ2v) is 9.33. The first-order valence-electron chi connectivity index (χ1n) is 11.4. The van der Waals surface area contributed by atoms with Gasteiger partial charge < -0.3 is 10.2 Å². The number of urea groups is 1. The lowest BCUT2D eigenvalue weighted by molar-refractivity contribution is -0.384. The van der Waals surface area contributed by atoms with Gasteiger partial charge in [0.1, 0.15) is 11.5 Å². The Morgan fingerprint density at radius 1 is 1.17 bits per heavy atom. The summed E-state index contributed by atoms with van der Waals surface area (Å²) in [5.74, 6) is -1.08. The summed E-state index contributed by atoms with van der Waals surface area (Å²) >= 11 is 0. The zero-order valence-corrected chi connectivity index (χ0v) is 20.1. The van der Waals surface area contributed by atoms with E-state index in [0.29, 0.717) is 5.56 Å². The molecular weight excluding hydrogens is 451 g/mol. The lowest BCUT2D eigenvalue weighted by Crippen LogP contribution is -2.45. The van der Waals surface area contributed by atoms with E-state index in [0.717, 1.165) is 34.7 Å². The number of nitrogens with zero attached hydrogens (tertiary/aromatic N) is 3. The minimum Gasteiger partial charge on any atom is -0.362 e. The Hall–Kier alpha value is -4.01. The van der Waals surface area contributed by atoms with Crippen LogP contribution in [0.25, 0.3) is 11.6 Å². The molecule has 0 spiro atoms. The van der Waals surface area contributed by atoms with E-state index in [1.165, 1.54) is 36.4 Å². The number of non-ortho nitro benzene ring substituents is 1. The summed E-state index contributed by atoms with van der Waals surface area (Å²) in [4.78, 5) is 38.8. The summed E-state index contributed by atoms with van der Waals surface area (Å²) in [5, 5.41) is 13.3. The van der Waals surface area contributed by atoms with E-state index in [-0.39, 0.29) is 29.0 Å². The number of halogens is 1. The average Bonchev–Trinajstić information content (AvgIpc) is 3.05. The van der Waals surface area contributed by atoms with Crippen LogP contribution in [0.15, 0.2) is 48.2 Å². The molecule has 182 valence electrons. The first-order valence-corrected chi connectivity index (χ1v) is 11.4. The molecule has 0 atom stereocenters. The highest BCUT2D eigenvalue weighted by atomic mass is 19.1. The topological polar surface area (TPSA) is 95.8 Å². The van der Waals surface area contributed by atoms with Crippen LogP contribution in [0.2, 0.25) is 0 Å². The van der Waals surface area contributed by atoms with Crippen molar-refractivity contribution in [1.29, 1.82) is 0 Å². The van der Waals surface area contributed by atoms with Gasteiger partial charge in [0.15, 0.2) is 0 Å². The Labute approximate surface area is 202 Å². The van der Waals surface area contributed by atoms with Crippen molar-refractivity contribution in [3.8, 4) is 0 Å². The molecule has 3 amide bonds. The molecule has 9 heteroatoms. The average molecular weight is 479 g/mol. The summed E-state index contributed by atoms with van der Waals surface area (Å²) in [7, 11) is 0. The molecule has 2 heterocycles. The standard InChI is InChI=1S/C26H27FN4O4/c1-5-10-30-23-13-21(27)18(11-20(23)16(2)14-26(30,3)4)12-22-24(32)29(25(33)28-22)15-17-6-8-19(9-7-17)31(34)35/h6-9,11-14H,5,10,15H2,1-4H3,(H,28,33)/b22-12+. The molecule has 0 radical (unpaired) electrons. The highest BCUT2D eigenvalue weighted by molar-refractivity contribution is 6.14. The van der Waals surface area contributed by atoms with Gasteiger partial charge in [-0.1, -0.05) is 25.1 Å². The van der Waals surface area contributed by atoms with Crippen molar-refractivity contribution in [2.45, 2.75) is 46.2 Å².